The second kappa shape index (κ2) is 6.10. The smallest absolute Gasteiger partial charge is 0.247 e. The van der Waals surface area contributed by atoms with Gasteiger partial charge in [-0.3, -0.25) is 0 Å². The number of nitrogens with one attached hydrogen (secondary N) is 1. The van der Waals surface area contributed by atoms with Crippen molar-refractivity contribution in [2.45, 2.75) is 13.5 Å². The molecule has 0 bridgehead atoms. The van der Waals surface area contributed by atoms with Crippen molar-refractivity contribution in [3.63, 3.8) is 0 Å². The molecule has 3 aromatic rings. The van der Waals surface area contributed by atoms with Gasteiger partial charge in [-0.25, -0.2) is 0 Å². The summed E-state index contributed by atoms with van der Waals surface area (Å²) in [6.07, 6.45) is 1.33. The molecule has 4 nitrogen and oxygen atoms in total. The number of hydrogen-bond acceptors (Lipinski definition) is 4. The van der Waals surface area contributed by atoms with Gasteiger partial charge in [0, 0.05) is 22.3 Å². The zero-order chi connectivity index (χ0) is 14.7. The minimum atomic E-state index is 0.531. The maximum atomic E-state index is 5.17. The zero-order valence-corrected chi connectivity index (χ0v) is 13.1. The van der Waals surface area contributed by atoms with Crippen molar-refractivity contribution in [3.8, 4) is 11.5 Å². The number of hydrogen-bond donors (Lipinski definition) is 1. The Hall–Kier alpha value is -2.14. The molecular formula is C16H14BrN3O. The third-order valence-electron chi connectivity index (χ3n) is 3.22. The Kier molecular flexibility index (Phi) is 4.01. The van der Waals surface area contributed by atoms with Crippen LogP contribution in [0.4, 0.5) is 5.69 Å². The number of aromatic nitrogens is 2. The molecule has 0 radical (unpaired) electrons. The fourth-order valence-electron chi connectivity index (χ4n) is 1.98. The summed E-state index contributed by atoms with van der Waals surface area (Å²) in [6.45, 7) is 2.86. The van der Waals surface area contributed by atoms with E-state index in [1.807, 2.05) is 24.3 Å². The van der Waals surface area contributed by atoms with E-state index in [1.54, 1.807) is 0 Å². The lowest BCUT2D eigenvalue weighted by Crippen LogP contribution is -1.99. The quantitative estimate of drug-likeness (QED) is 0.761. The Morgan fingerprint density at radius 3 is 2.62 bits per heavy atom. The maximum absolute atomic E-state index is 5.17. The van der Waals surface area contributed by atoms with Crippen LogP contribution in [0.5, 0.6) is 0 Å². The van der Waals surface area contributed by atoms with E-state index in [2.05, 4.69) is 56.6 Å². The average molecular weight is 344 g/mol. The predicted octanol–water partition coefficient (Wildman–Crippen LogP) is 4.42. The first kappa shape index (κ1) is 13.8. The molecule has 0 saturated carbocycles. The maximum Gasteiger partial charge on any atom is 0.247 e. The van der Waals surface area contributed by atoms with E-state index >= 15 is 0 Å². The Labute approximate surface area is 131 Å². The van der Waals surface area contributed by atoms with Gasteiger partial charge in [0.1, 0.15) is 0 Å². The van der Waals surface area contributed by atoms with Crippen LogP contribution >= 0.6 is 15.9 Å². The van der Waals surface area contributed by atoms with Gasteiger partial charge in [0.2, 0.25) is 12.3 Å². The number of aryl methyl sites for hydroxylation is 1. The van der Waals surface area contributed by atoms with Crippen LogP contribution in [0.1, 0.15) is 11.1 Å². The summed E-state index contributed by atoms with van der Waals surface area (Å²) in [5.74, 6) is 0.531. The number of halogens is 1. The van der Waals surface area contributed by atoms with Crippen molar-refractivity contribution in [3.05, 3.63) is 64.5 Å². The molecule has 0 amide bonds. The lowest BCUT2D eigenvalue weighted by molar-refractivity contribution is 0.568. The molecule has 0 aliphatic heterocycles. The van der Waals surface area contributed by atoms with Gasteiger partial charge in [-0.15, -0.1) is 10.2 Å². The highest BCUT2D eigenvalue weighted by Gasteiger charge is 2.03. The van der Waals surface area contributed by atoms with Crippen LogP contribution in [0.15, 0.2) is 57.7 Å². The zero-order valence-electron chi connectivity index (χ0n) is 11.5. The highest BCUT2D eigenvalue weighted by molar-refractivity contribution is 9.10. The van der Waals surface area contributed by atoms with E-state index in [9.17, 15) is 0 Å². The minimum absolute atomic E-state index is 0.531. The van der Waals surface area contributed by atoms with Gasteiger partial charge in [0.05, 0.1) is 0 Å². The molecule has 1 N–H and O–H groups in total. The van der Waals surface area contributed by atoms with Gasteiger partial charge in [-0.1, -0.05) is 28.1 Å². The van der Waals surface area contributed by atoms with Crippen molar-refractivity contribution in [1.29, 1.82) is 0 Å². The molecule has 0 saturated heterocycles. The summed E-state index contributed by atoms with van der Waals surface area (Å²) in [5, 5.41) is 11.0. The number of anilines is 1. The molecule has 0 fully saturated rings. The molecule has 1 aromatic heterocycles. The molecule has 106 valence electrons. The number of benzene rings is 2. The van der Waals surface area contributed by atoms with Crippen LogP contribution in [0.3, 0.4) is 0 Å². The van der Waals surface area contributed by atoms with Crippen LogP contribution < -0.4 is 5.32 Å². The molecule has 0 aliphatic rings. The molecule has 0 spiro atoms. The highest BCUT2D eigenvalue weighted by atomic mass is 79.9. The predicted molar refractivity (Wildman–Crippen MR) is 85.9 cm³/mol. The fraction of sp³-hybridized carbons (Fsp3) is 0.125. The SMILES string of the molecule is Cc1ccc(CNc2ccc(-c3nnco3)cc2)cc1Br. The Balaban J connectivity index is 1.66. The lowest BCUT2D eigenvalue weighted by atomic mass is 10.1. The Morgan fingerprint density at radius 1 is 1.14 bits per heavy atom. The van der Waals surface area contributed by atoms with E-state index in [0.29, 0.717) is 5.89 Å². The average Bonchev–Trinajstić information content (AvgIpc) is 3.03. The number of rotatable bonds is 4. The van der Waals surface area contributed by atoms with Crippen LogP contribution in [0.25, 0.3) is 11.5 Å². The molecule has 5 heteroatoms. The van der Waals surface area contributed by atoms with E-state index in [1.165, 1.54) is 17.5 Å². The highest BCUT2D eigenvalue weighted by Crippen LogP contribution is 2.21. The van der Waals surface area contributed by atoms with E-state index in [-0.39, 0.29) is 0 Å². The minimum Gasteiger partial charge on any atom is -0.423 e. The van der Waals surface area contributed by atoms with Gasteiger partial charge in [0.15, 0.2) is 0 Å². The van der Waals surface area contributed by atoms with Gasteiger partial charge in [-0.2, -0.15) is 0 Å². The van der Waals surface area contributed by atoms with Gasteiger partial charge < -0.3 is 9.73 Å². The van der Waals surface area contributed by atoms with Crippen LogP contribution in [0, 0.1) is 6.92 Å². The van der Waals surface area contributed by atoms with Gasteiger partial charge in [-0.05, 0) is 48.4 Å². The summed E-state index contributed by atoms with van der Waals surface area (Å²) < 4.78 is 6.30. The normalized spacial score (nSPS) is 10.6. The largest absolute Gasteiger partial charge is 0.423 e. The van der Waals surface area contributed by atoms with Crippen LogP contribution in [-0.2, 0) is 6.54 Å². The molecule has 2 aromatic carbocycles. The van der Waals surface area contributed by atoms with Crippen molar-refractivity contribution < 1.29 is 4.42 Å². The van der Waals surface area contributed by atoms with E-state index in [0.717, 1.165) is 22.3 Å². The Bertz CT molecular complexity index is 724. The molecule has 0 aliphatic carbocycles. The standard InChI is InChI=1S/C16H14BrN3O/c1-11-2-3-12(8-15(11)17)9-18-14-6-4-13(5-7-14)16-20-19-10-21-16/h2-8,10,18H,9H2,1H3. The summed E-state index contributed by atoms with van der Waals surface area (Å²) in [7, 11) is 0. The first-order valence-corrected chi connectivity index (χ1v) is 7.37. The van der Waals surface area contributed by atoms with Crippen molar-refractivity contribution >= 4 is 21.6 Å². The molecule has 0 atom stereocenters. The third kappa shape index (κ3) is 3.31. The first-order chi connectivity index (χ1) is 10.2. The Morgan fingerprint density at radius 2 is 1.95 bits per heavy atom. The van der Waals surface area contributed by atoms with E-state index in [4.69, 9.17) is 4.42 Å². The number of nitrogens with zero attached hydrogens (tertiary/aromatic N) is 2. The first-order valence-electron chi connectivity index (χ1n) is 6.58. The molecule has 21 heavy (non-hydrogen) atoms. The van der Waals surface area contributed by atoms with Gasteiger partial charge in [0.25, 0.3) is 0 Å². The van der Waals surface area contributed by atoms with E-state index < -0.39 is 0 Å². The molecule has 3 rings (SSSR count). The summed E-state index contributed by atoms with van der Waals surface area (Å²) >= 11 is 3.55. The van der Waals surface area contributed by atoms with Crippen molar-refractivity contribution in [2.75, 3.05) is 5.32 Å². The van der Waals surface area contributed by atoms with Crippen molar-refractivity contribution in [1.82, 2.24) is 10.2 Å². The van der Waals surface area contributed by atoms with Crippen LogP contribution in [-0.4, -0.2) is 10.2 Å². The second-order valence-electron chi connectivity index (χ2n) is 4.76. The van der Waals surface area contributed by atoms with Crippen LogP contribution in [0.2, 0.25) is 0 Å². The molecule has 0 unspecified atom stereocenters. The monoisotopic (exact) mass is 343 g/mol. The fourth-order valence-corrected chi connectivity index (χ4v) is 2.41. The second-order valence-corrected chi connectivity index (χ2v) is 5.61. The summed E-state index contributed by atoms with van der Waals surface area (Å²) in [5.41, 5.74) is 4.43. The molecular weight excluding hydrogens is 330 g/mol. The topological polar surface area (TPSA) is 51.0 Å². The van der Waals surface area contributed by atoms with Gasteiger partial charge >= 0.3 is 0 Å². The van der Waals surface area contributed by atoms with Crippen molar-refractivity contribution in [2.24, 2.45) is 0 Å². The summed E-state index contributed by atoms with van der Waals surface area (Å²) in [6, 6.07) is 14.3. The summed E-state index contributed by atoms with van der Waals surface area (Å²) in [4.78, 5) is 0. The third-order valence-corrected chi connectivity index (χ3v) is 4.08. The molecule has 1 heterocycles. The lowest BCUT2D eigenvalue weighted by Gasteiger charge is -2.08.